The Kier molecular flexibility index (Phi) is 4.63. The maximum absolute atomic E-state index is 12.0. The predicted molar refractivity (Wildman–Crippen MR) is 72.8 cm³/mol. The number of nitro benzene ring substituents is 1. The van der Waals surface area contributed by atoms with Gasteiger partial charge in [-0.15, -0.1) is 0 Å². The van der Waals surface area contributed by atoms with E-state index in [1.54, 1.807) is 24.3 Å². The van der Waals surface area contributed by atoms with Crippen molar-refractivity contribution in [2.24, 2.45) is 0 Å². The highest BCUT2D eigenvalue weighted by atomic mass is 16.6. The zero-order valence-corrected chi connectivity index (χ0v) is 11.0. The molecule has 0 N–H and O–H groups in total. The van der Waals surface area contributed by atoms with Gasteiger partial charge in [0, 0.05) is 6.07 Å². The van der Waals surface area contributed by atoms with E-state index in [1.807, 2.05) is 6.07 Å². The molecule has 0 spiro atoms. The monoisotopic (exact) mass is 286 g/mol. The van der Waals surface area contributed by atoms with E-state index in [2.05, 4.69) is 0 Å². The Morgan fingerprint density at radius 1 is 1.10 bits per heavy atom. The molecule has 0 fully saturated rings. The fraction of sp³-hybridized carbons (Fsp3) is 0.133. The Morgan fingerprint density at radius 2 is 1.71 bits per heavy atom. The smallest absolute Gasteiger partial charge is 0.343 e. The summed E-state index contributed by atoms with van der Waals surface area (Å²) in [6.45, 7) is -0.0426. The number of nitro groups is 1. The lowest BCUT2D eigenvalue weighted by Gasteiger charge is -2.09. The third-order valence-corrected chi connectivity index (χ3v) is 2.85. The van der Waals surface area contributed by atoms with Gasteiger partial charge in [-0.3, -0.25) is 10.1 Å². The topological polar surface area (TPSA) is 89.3 Å². The molecular weight excluding hydrogens is 274 g/mol. The van der Waals surface area contributed by atoms with Gasteiger partial charge in [0.2, 0.25) is 6.10 Å². The summed E-state index contributed by atoms with van der Waals surface area (Å²) in [7, 11) is 0. The SMILES string of the molecule is [O]C(C(=O)OCc1ccccc1)c1ccccc1[N+](=O)[O-]. The van der Waals surface area contributed by atoms with E-state index in [0.29, 0.717) is 0 Å². The fourth-order valence-corrected chi connectivity index (χ4v) is 1.81. The van der Waals surface area contributed by atoms with Crippen molar-refractivity contribution in [3.05, 3.63) is 75.8 Å². The first-order valence-corrected chi connectivity index (χ1v) is 6.19. The normalized spacial score (nSPS) is 11.7. The van der Waals surface area contributed by atoms with E-state index in [4.69, 9.17) is 4.74 Å². The summed E-state index contributed by atoms with van der Waals surface area (Å²) in [4.78, 5) is 21.9. The zero-order valence-electron chi connectivity index (χ0n) is 11.0. The molecule has 21 heavy (non-hydrogen) atoms. The van der Waals surface area contributed by atoms with E-state index in [9.17, 15) is 20.0 Å². The second-order valence-electron chi connectivity index (χ2n) is 4.29. The molecule has 1 unspecified atom stereocenters. The van der Waals surface area contributed by atoms with Crippen molar-refractivity contribution >= 4 is 11.7 Å². The number of nitrogens with zero attached hydrogens (tertiary/aromatic N) is 1. The quantitative estimate of drug-likeness (QED) is 0.480. The van der Waals surface area contributed by atoms with Gasteiger partial charge in [-0.05, 0) is 11.6 Å². The van der Waals surface area contributed by atoms with Crippen LogP contribution in [0.1, 0.15) is 17.2 Å². The van der Waals surface area contributed by atoms with Gasteiger partial charge in [-0.2, -0.15) is 0 Å². The average molecular weight is 286 g/mol. The standard InChI is InChI=1S/C15H12NO5/c17-14(12-8-4-5-9-13(12)16(19)20)15(18)21-10-11-6-2-1-3-7-11/h1-9,14H,10H2. The Bertz CT molecular complexity index is 642. The maximum atomic E-state index is 12.0. The predicted octanol–water partition coefficient (Wildman–Crippen LogP) is 2.81. The molecule has 1 atom stereocenters. The summed E-state index contributed by atoms with van der Waals surface area (Å²) in [5.41, 5.74) is 0.162. The molecule has 0 aliphatic rings. The van der Waals surface area contributed by atoms with Crippen LogP contribution in [0, 0.1) is 10.1 Å². The number of carbonyl (C=O) groups is 1. The molecule has 2 aromatic rings. The molecule has 0 heterocycles. The van der Waals surface area contributed by atoms with Crippen LogP contribution in [0.3, 0.4) is 0 Å². The Morgan fingerprint density at radius 3 is 2.38 bits per heavy atom. The van der Waals surface area contributed by atoms with E-state index >= 15 is 0 Å². The first-order chi connectivity index (χ1) is 10.1. The van der Waals surface area contributed by atoms with Crippen LogP contribution in [-0.4, -0.2) is 10.9 Å². The highest BCUT2D eigenvalue weighted by Gasteiger charge is 2.28. The third kappa shape index (κ3) is 3.64. The molecule has 0 saturated heterocycles. The second kappa shape index (κ2) is 6.62. The Labute approximate surface area is 120 Å². The van der Waals surface area contributed by atoms with E-state index in [-0.39, 0.29) is 17.9 Å². The largest absolute Gasteiger partial charge is 0.459 e. The summed E-state index contributed by atoms with van der Waals surface area (Å²) >= 11 is 0. The molecule has 0 bridgehead atoms. The minimum absolute atomic E-state index is 0.0426. The summed E-state index contributed by atoms with van der Waals surface area (Å²) in [5.74, 6) is -1.03. The van der Waals surface area contributed by atoms with Crippen LogP contribution in [0.4, 0.5) is 5.69 Å². The van der Waals surface area contributed by atoms with E-state index < -0.39 is 17.0 Å². The molecule has 2 aromatic carbocycles. The number of hydrogen-bond donors (Lipinski definition) is 0. The number of esters is 1. The second-order valence-corrected chi connectivity index (χ2v) is 4.29. The Hall–Kier alpha value is -2.73. The number of ether oxygens (including phenoxy) is 1. The molecular formula is C15H12NO5. The van der Waals surface area contributed by atoms with Gasteiger partial charge in [-0.25, -0.2) is 9.90 Å². The van der Waals surface area contributed by atoms with Crippen molar-refractivity contribution in [3.63, 3.8) is 0 Å². The molecule has 6 heteroatoms. The molecule has 0 aliphatic carbocycles. The minimum Gasteiger partial charge on any atom is -0.459 e. The van der Waals surface area contributed by atoms with Crippen LogP contribution in [0.15, 0.2) is 54.6 Å². The summed E-state index contributed by atoms with van der Waals surface area (Å²) in [6, 6.07) is 14.2. The average Bonchev–Trinajstić information content (AvgIpc) is 2.52. The van der Waals surface area contributed by atoms with Crippen LogP contribution in [0.25, 0.3) is 0 Å². The number of rotatable bonds is 5. The highest BCUT2D eigenvalue weighted by molar-refractivity contribution is 5.77. The number of para-hydroxylation sites is 1. The first kappa shape index (κ1) is 14.7. The van der Waals surface area contributed by atoms with Gasteiger partial charge in [0.1, 0.15) is 6.61 Å². The molecule has 1 radical (unpaired) electrons. The van der Waals surface area contributed by atoms with Gasteiger partial charge in [0.25, 0.3) is 5.69 Å². The maximum Gasteiger partial charge on any atom is 0.343 e. The highest BCUT2D eigenvalue weighted by Crippen LogP contribution is 2.26. The van der Waals surface area contributed by atoms with Gasteiger partial charge < -0.3 is 4.74 Å². The van der Waals surface area contributed by atoms with Crippen molar-refractivity contribution in [2.45, 2.75) is 12.7 Å². The number of benzene rings is 2. The van der Waals surface area contributed by atoms with Gasteiger partial charge >= 0.3 is 5.97 Å². The van der Waals surface area contributed by atoms with Gasteiger partial charge in [0.05, 0.1) is 10.5 Å². The molecule has 0 amide bonds. The number of carbonyl (C=O) groups excluding carboxylic acids is 1. The molecule has 6 nitrogen and oxygen atoms in total. The minimum atomic E-state index is -1.93. The van der Waals surface area contributed by atoms with Crippen molar-refractivity contribution < 1.29 is 19.6 Å². The first-order valence-electron chi connectivity index (χ1n) is 6.19. The zero-order chi connectivity index (χ0) is 15.2. The lowest BCUT2D eigenvalue weighted by Crippen LogP contribution is -2.15. The van der Waals surface area contributed by atoms with Crippen LogP contribution in [0.5, 0.6) is 0 Å². The summed E-state index contributed by atoms with van der Waals surface area (Å²) in [5, 5.41) is 22.8. The van der Waals surface area contributed by atoms with Crippen molar-refractivity contribution in [3.8, 4) is 0 Å². The van der Waals surface area contributed by atoms with Crippen molar-refractivity contribution in [2.75, 3.05) is 0 Å². The summed E-state index contributed by atoms with van der Waals surface area (Å²) < 4.78 is 4.90. The Balaban J connectivity index is 2.08. The molecule has 0 aliphatic heterocycles. The van der Waals surface area contributed by atoms with Crippen LogP contribution in [-0.2, 0) is 21.2 Å². The fourth-order valence-electron chi connectivity index (χ4n) is 1.81. The third-order valence-electron chi connectivity index (χ3n) is 2.85. The summed E-state index contributed by atoms with van der Waals surface area (Å²) in [6.07, 6.45) is -1.93. The van der Waals surface area contributed by atoms with Crippen LogP contribution in [0.2, 0.25) is 0 Å². The molecule has 0 aromatic heterocycles. The van der Waals surface area contributed by atoms with Crippen LogP contribution < -0.4 is 0 Å². The van der Waals surface area contributed by atoms with Crippen LogP contribution >= 0.6 is 0 Å². The van der Waals surface area contributed by atoms with Gasteiger partial charge in [0.15, 0.2) is 0 Å². The van der Waals surface area contributed by atoms with E-state index in [0.717, 1.165) is 5.56 Å². The molecule has 2 rings (SSSR count). The van der Waals surface area contributed by atoms with Crippen molar-refractivity contribution in [1.82, 2.24) is 0 Å². The lowest BCUT2D eigenvalue weighted by atomic mass is 10.1. The number of hydrogen-bond acceptors (Lipinski definition) is 4. The van der Waals surface area contributed by atoms with E-state index in [1.165, 1.54) is 24.3 Å². The lowest BCUT2D eigenvalue weighted by molar-refractivity contribution is -0.386. The van der Waals surface area contributed by atoms with Gasteiger partial charge in [-0.1, -0.05) is 42.5 Å². The van der Waals surface area contributed by atoms with Crippen molar-refractivity contribution in [1.29, 1.82) is 0 Å². The molecule has 0 saturated carbocycles. The molecule has 107 valence electrons.